The lowest BCUT2D eigenvalue weighted by Gasteiger charge is -2.13. The monoisotopic (exact) mass is 343 g/mol. The predicted molar refractivity (Wildman–Crippen MR) is 81.0 cm³/mol. The van der Waals surface area contributed by atoms with Gasteiger partial charge in [0, 0.05) is 15.9 Å². The number of rotatable bonds is 6. The first-order valence-electron chi connectivity index (χ1n) is 6.68. The van der Waals surface area contributed by atoms with E-state index in [1.807, 2.05) is 13.8 Å². The van der Waals surface area contributed by atoms with E-state index >= 15 is 0 Å². The third kappa shape index (κ3) is 5.54. The number of carbonyl (C=O) groups is 2. The molecule has 0 aliphatic rings. The van der Waals surface area contributed by atoms with Gasteiger partial charge in [0.2, 0.25) is 0 Å². The first-order valence-corrected chi connectivity index (χ1v) is 7.56. The molecule has 9 heteroatoms. The number of carbonyl (C=O) groups excluding carboxylic acids is 2. The summed E-state index contributed by atoms with van der Waals surface area (Å²) in [6.45, 7) is 5.48. The number of amides is 1. The van der Waals surface area contributed by atoms with Crippen molar-refractivity contribution in [1.82, 2.24) is 0 Å². The second-order valence-electron chi connectivity index (χ2n) is 5.04. The van der Waals surface area contributed by atoms with Crippen LogP contribution in [0, 0.1) is 17.6 Å². The summed E-state index contributed by atoms with van der Waals surface area (Å²) in [4.78, 5) is 25.4. The molecule has 1 unspecified atom stereocenters. The molecule has 0 radical (unpaired) electrons. The normalized spacial score (nSPS) is 11.7. The van der Waals surface area contributed by atoms with Gasteiger partial charge < -0.3 is 4.74 Å². The number of azide groups is 1. The highest BCUT2D eigenvalue weighted by Gasteiger charge is 2.21. The quantitative estimate of drug-likeness (QED) is 0.256. The fourth-order valence-corrected chi connectivity index (χ4v) is 2.39. The van der Waals surface area contributed by atoms with Crippen LogP contribution in [0.3, 0.4) is 0 Å². The lowest BCUT2D eigenvalue weighted by atomic mass is 10.2. The van der Waals surface area contributed by atoms with Gasteiger partial charge >= 0.3 is 5.97 Å². The van der Waals surface area contributed by atoms with Gasteiger partial charge in [-0.1, -0.05) is 13.8 Å². The topological polar surface area (TPSA) is 92.1 Å². The van der Waals surface area contributed by atoms with E-state index in [1.165, 1.54) is 6.92 Å². The van der Waals surface area contributed by atoms with Crippen LogP contribution in [0.4, 0.5) is 8.78 Å². The van der Waals surface area contributed by atoms with Crippen molar-refractivity contribution >= 4 is 23.6 Å². The van der Waals surface area contributed by atoms with Gasteiger partial charge in [0.15, 0.2) is 0 Å². The Bertz CT molecular complexity index is 661. The molecule has 23 heavy (non-hydrogen) atoms. The Morgan fingerprint density at radius 2 is 1.96 bits per heavy atom. The van der Waals surface area contributed by atoms with E-state index in [2.05, 4.69) is 10.0 Å². The molecule has 0 aliphatic carbocycles. The molecule has 0 saturated carbocycles. The maximum Gasteiger partial charge on any atom is 0.319 e. The molecule has 0 spiro atoms. The maximum atomic E-state index is 13.8. The molecule has 1 aromatic rings. The number of hydrogen-bond acceptors (Lipinski definition) is 4. The van der Waals surface area contributed by atoms with E-state index in [0.717, 1.165) is 17.8 Å². The molecule has 0 saturated heterocycles. The fourth-order valence-electron chi connectivity index (χ4n) is 1.48. The second kappa shape index (κ2) is 8.50. The average Bonchev–Trinajstić information content (AvgIpc) is 2.47. The summed E-state index contributed by atoms with van der Waals surface area (Å²) >= 11 is 0.785. The van der Waals surface area contributed by atoms with Crippen molar-refractivity contribution < 1.29 is 23.1 Å². The molecule has 6 nitrogen and oxygen atoms in total. The van der Waals surface area contributed by atoms with Crippen LogP contribution >= 0.6 is 11.8 Å². The van der Waals surface area contributed by atoms with E-state index in [1.54, 1.807) is 0 Å². The van der Waals surface area contributed by atoms with Crippen LogP contribution in [0.5, 0.6) is 0 Å². The molecule has 1 atom stereocenters. The third-order valence-electron chi connectivity index (χ3n) is 2.58. The van der Waals surface area contributed by atoms with E-state index in [-0.39, 0.29) is 17.4 Å². The highest BCUT2D eigenvalue weighted by Crippen LogP contribution is 2.29. The number of nitrogens with zero attached hydrogens (tertiary/aromatic N) is 3. The van der Waals surface area contributed by atoms with Crippen LogP contribution in [0.2, 0.25) is 0 Å². The SMILES string of the molecule is CC(C)COC(=O)C(C)Sc1cc(C(=O)N=[N+]=[N-])c(F)cc1F. The van der Waals surface area contributed by atoms with Crippen LogP contribution in [-0.2, 0) is 9.53 Å². The standard InChI is InChI=1S/C14H15F2N3O3S/c1-7(2)6-22-14(21)8(3)23-12-4-9(13(20)18-19-17)10(15)5-11(12)16/h4-5,7-8H,6H2,1-3H3. The van der Waals surface area contributed by atoms with Gasteiger partial charge in [-0.05, 0) is 29.6 Å². The molecule has 0 fully saturated rings. The Morgan fingerprint density at radius 3 is 2.52 bits per heavy atom. The Labute approximate surface area is 135 Å². The Kier molecular flexibility index (Phi) is 6.99. The summed E-state index contributed by atoms with van der Waals surface area (Å²) < 4.78 is 32.4. The average molecular weight is 343 g/mol. The lowest BCUT2D eigenvalue weighted by Crippen LogP contribution is -2.19. The Balaban J connectivity index is 2.95. The van der Waals surface area contributed by atoms with Gasteiger partial charge in [-0.15, -0.1) is 11.8 Å². The van der Waals surface area contributed by atoms with Crippen molar-refractivity contribution in [1.29, 1.82) is 0 Å². The Hall–Kier alpha value is -2.12. The first kappa shape index (κ1) is 18.9. The molecule has 1 amide bonds. The van der Waals surface area contributed by atoms with Gasteiger partial charge in [0.05, 0.1) is 12.2 Å². The van der Waals surface area contributed by atoms with Crippen LogP contribution < -0.4 is 0 Å². The smallest absolute Gasteiger partial charge is 0.319 e. The van der Waals surface area contributed by atoms with E-state index in [4.69, 9.17) is 10.3 Å². The minimum absolute atomic E-state index is 0.114. The zero-order chi connectivity index (χ0) is 17.6. The minimum atomic E-state index is -1.16. The van der Waals surface area contributed by atoms with Gasteiger partial charge in [-0.3, -0.25) is 9.59 Å². The van der Waals surface area contributed by atoms with Crippen LogP contribution in [0.15, 0.2) is 22.1 Å². The first-order chi connectivity index (χ1) is 10.8. The van der Waals surface area contributed by atoms with E-state index in [9.17, 15) is 18.4 Å². The van der Waals surface area contributed by atoms with E-state index < -0.39 is 34.3 Å². The van der Waals surface area contributed by atoms with Crippen LogP contribution in [0.25, 0.3) is 10.4 Å². The third-order valence-corrected chi connectivity index (χ3v) is 3.69. The van der Waals surface area contributed by atoms with Crippen molar-refractivity contribution in [2.45, 2.75) is 30.9 Å². The summed E-state index contributed by atoms with van der Waals surface area (Å²) in [5, 5.41) is 2.01. The zero-order valence-corrected chi connectivity index (χ0v) is 13.6. The molecular formula is C14H15F2N3O3S. The van der Waals surface area contributed by atoms with Gasteiger partial charge in [-0.25, -0.2) is 8.78 Å². The number of halogens is 2. The molecular weight excluding hydrogens is 328 g/mol. The van der Waals surface area contributed by atoms with Gasteiger partial charge in [0.1, 0.15) is 16.9 Å². The predicted octanol–water partition coefficient (Wildman–Crippen LogP) is 4.10. The zero-order valence-electron chi connectivity index (χ0n) is 12.7. The summed E-state index contributed by atoms with van der Waals surface area (Å²) in [6.07, 6.45) is 0. The van der Waals surface area contributed by atoms with Crippen molar-refractivity contribution in [2.24, 2.45) is 11.0 Å². The number of esters is 1. The lowest BCUT2D eigenvalue weighted by molar-refractivity contribution is -0.143. The summed E-state index contributed by atoms with van der Waals surface area (Å²) in [5.74, 6) is -3.61. The highest BCUT2D eigenvalue weighted by atomic mass is 32.2. The molecule has 124 valence electrons. The maximum absolute atomic E-state index is 13.8. The molecule has 0 N–H and O–H groups in total. The molecule has 0 aliphatic heterocycles. The molecule has 0 bridgehead atoms. The Morgan fingerprint density at radius 1 is 1.30 bits per heavy atom. The molecule has 1 aromatic carbocycles. The summed E-state index contributed by atoms with van der Waals surface area (Å²) in [7, 11) is 0. The summed E-state index contributed by atoms with van der Waals surface area (Å²) in [6, 6.07) is 1.42. The molecule has 1 rings (SSSR count). The highest BCUT2D eigenvalue weighted by molar-refractivity contribution is 8.00. The van der Waals surface area contributed by atoms with Crippen molar-refractivity contribution in [2.75, 3.05) is 6.61 Å². The van der Waals surface area contributed by atoms with Crippen molar-refractivity contribution in [3.8, 4) is 0 Å². The number of benzene rings is 1. The number of hydrogen-bond donors (Lipinski definition) is 0. The number of thioether (sulfide) groups is 1. The van der Waals surface area contributed by atoms with E-state index in [0.29, 0.717) is 6.07 Å². The van der Waals surface area contributed by atoms with Gasteiger partial charge in [-0.2, -0.15) is 0 Å². The molecule has 0 aromatic heterocycles. The summed E-state index contributed by atoms with van der Waals surface area (Å²) in [5.41, 5.74) is 7.65. The fraction of sp³-hybridized carbons (Fsp3) is 0.429. The molecule has 0 heterocycles. The second-order valence-corrected chi connectivity index (χ2v) is 6.42. The minimum Gasteiger partial charge on any atom is -0.465 e. The van der Waals surface area contributed by atoms with Crippen LogP contribution in [-0.4, -0.2) is 23.7 Å². The van der Waals surface area contributed by atoms with Gasteiger partial charge in [0.25, 0.3) is 5.91 Å². The number of ether oxygens (including phenoxy) is 1. The largest absolute Gasteiger partial charge is 0.465 e. The van der Waals surface area contributed by atoms with Crippen molar-refractivity contribution in [3.05, 3.63) is 39.8 Å². The van der Waals surface area contributed by atoms with Crippen molar-refractivity contribution in [3.63, 3.8) is 0 Å². The van der Waals surface area contributed by atoms with Crippen LogP contribution in [0.1, 0.15) is 31.1 Å².